The molecule has 0 unspecified atom stereocenters. The highest BCUT2D eigenvalue weighted by molar-refractivity contribution is 5.84. The maximum Gasteiger partial charge on any atom is 0.326 e. The molecule has 1 atom stereocenters. The molecule has 116 valence electrons. The van der Waals surface area contributed by atoms with Crippen molar-refractivity contribution in [3.8, 4) is 0 Å². The molecule has 0 aliphatic heterocycles. The lowest BCUT2D eigenvalue weighted by Crippen LogP contribution is -2.42. The summed E-state index contributed by atoms with van der Waals surface area (Å²) >= 11 is 0. The number of carbonyl (C=O) groups is 3. The van der Waals surface area contributed by atoms with E-state index in [-0.39, 0.29) is 18.7 Å². The third kappa shape index (κ3) is 7.76. The number of carboxylic acids is 1. The fraction of sp³-hybridized carbons (Fsp3) is 0.786. The van der Waals surface area contributed by atoms with Crippen LogP contribution >= 0.6 is 0 Å². The minimum absolute atomic E-state index is 0.0366. The van der Waals surface area contributed by atoms with Crippen molar-refractivity contribution in [1.29, 1.82) is 0 Å². The number of amides is 2. The topological polar surface area (TPSA) is 101 Å². The zero-order valence-electron chi connectivity index (χ0n) is 12.4. The maximum absolute atomic E-state index is 11.9. The van der Waals surface area contributed by atoms with Crippen LogP contribution in [-0.4, -0.2) is 40.9 Å². The number of aliphatic carboxylic acids is 1. The molecule has 0 saturated heterocycles. The predicted octanol–water partition coefficient (Wildman–Crippen LogP) is 1.52. The molecular formula is C14H26N2O4. The van der Waals surface area contributed by atoms with Gasteiger partial charge in [-0.2, -0.15) is 0 Å². The largest absolute Gasteiger partial charge is 0.480 e. The van der Waals surface area contributed by atoms with Crippen LogP contribution < -0.4 is 5.73 Å². The van der Waals surface area contributed by atoms with Gasteiger partial charge in [0.2, 0.25) is 11.8 Å². The zero-order valence-corrected chi connectivity index (χ0v) is 12.4. The van der Waals surface area contributed by atoms with Crippen LogP contribution in [-0.2, 0) is 14.4 Å². The number of carboxylic acid groups (broad SMARTS) is 1. The van der Waals surface area contributed by atoms with Crippen molar-refractivity contribution in [3.63, 3.8) is 0 Å². The normalized spacial score (nSPS) is 11.9. The summed E-state index contributed by atoms with van der Waals surface area (Å²) in [7, 11) is 1.47. The summed E-state index contributed by atoms with van der Waals surface area (Å²) in [4.78, 5) is 35.0. The smallest absolute Gasteiger partial charge is 0.326 e. The second-order valence-corrected chi connectivity index (χ2v) is 5.03. The summed E-state index contributed by atoms with van der Waals surface area (Å²) in [6.07, 6.45) is 5.51. The van der Waals surface area contributed by atoms with Gasteiger partial charge in [-0.25, -0.2) is 4.79 Å². The number of carbonyl (C=O) groups excluding carboxylic acids is 2. The zero-order chi connectivity index (χ0) is 15.5. The van der Waals surface area contributed by atoms with Gasteiger partial charge in [0, 0.05) is 19.9 Å². The molecule has 2 amide bonds. The van der Waals surface area contributed by atoms with Crippen molar-refractivity contribution in [2.75, 3.05) is 7.05 Å². The highest BCUT2D eigenvalue weighted by atomic mass is 16.4. The summed E-state index contributed by atoms with van der Waals surface area (Å²) in [5.41, 5.74) is 5.01. The highest BCUT2D eigenvalue weighted by Crippen LogP contribution is 2.11. The van der Waals surface area contributed by atoms with E-state index < -0.39 is 17.9 Å². The molecule has 0 fully saturated rings. The molecule has 0 aliphatic rings. The minimum Gasteiger partial charge on any atom is -0.480 e. The lowest BCUT2D eigenvalue weighted by molar-refractivity contribution is -0.149. The number of nitrogens with two attached hydrogens (primary N) is 1. The standard InChI is InChI=1S/C14H26N2O4/c1-3-4-5-6-7-8-13(18)16(2)11(14(19)20)9-10-12(15)17/h11H,3-10H2,1-2H3,(H2,15,17)(H,19,20)/t11-/m1/s1. The summed E-state index contributed by atoms with van der Waals surface area (Å²) in [5, 5.41) is 9.10. The average molecular weight is 286 g/mol. The summed E-state index contributed by atoms with van der Waals surface area (Å²) in [6.45, 7) is 2.12. The van der Waals surface area contributed by atoms with Gasteiger partial charge >= 0.3 is 5.97 Å². The first kappa shape index (κ1) is 18.4. The van der Waals surface area contributed by atoms with Crippen LogP contribution in [0, 0.1) is 0 Å². The summed E-state index contributed by atoms with van der Waals surface area (Å²) in [5.74, 6) is -1.86. The molecule has 0 saturated carbocycles. The molecule has 0 heterocycles. The molecule has 3 N–H and O–H groups in total. The molecule has 0 radical (unpaired) electrons. The summed E-state index contributed by atoms with van der Waals surface area (Å²) in [6, 6.07) is -0.981. The van der Waals surface area contributed by atoms with Crippen LogP contribution in [0.2, 0.25) is 0 Å². The Morgan fingerprint density at radius 1 is 1.10 bits per heavy atom. The lowest BCUT2D eigenvalue weighted by Gasteiger charge is -2.24. The first-order chi connectivity index (χ1) is 9.40. The molecule has 0 aromatic carbocycles. The fourth-order valence-corrected chi connectivity index (χ4v) is 1.99. The Morgan fingerprint density at radius 3 is 2.20 bits per heavy atom. The van der Waals surface area contributed by atoms with Gasteiger partial charge < -0.3 is 15.7 Å². The van der Waals surface area contributed by atoms with Gasteiger partial charge in [0.15, 0.2) is 0 Å². The SMILES string of the molecule is CCCCCCCC(=O)N(C)[C@H](CCC(N)=O)C(=O)O. The monoisotopic (exact) mass is 286 g/mol. The van der Waals surface area contributed by atoms with E-state index in [9.17, 15) is 14.4 Å². The Balaban J connectivity index is 4.20. The van der Waals surface area contributed by atoms with Crippen LogP contribution in [0.1, 0.15) is 58.3 Å². The van der Waals surface area contributed by atoms with Gasteiger partial charge in [0.05, 0.1) is 0 Å². The first-order valence-electron chi connectivity index (χ1n) is 7.16. The van der Waals surface area contributed by atoms with Gasteiger partial charge in [-0.1, -0.05) is 32.6 Å². The maximum atomic E-state index is 11.9. The number of unbranched alkanes of at least 4 members (excludes halogenated alkanes) is 4. The number of rotatable bonds is 11. The van der Waals surface area contributed by atoms with Gasteiger partial charge in [-0.15, -0.1) is 0 Å². The fourth-order valence-electron chi connectivity index (χ4n) is 1.99. The second kappa shape index (κ2) is 10.2. The quantitative estimate of drug-likeness (QED) is 0.562. The molecule has 6 heteroatoms. The van der Waals surface area contributed by atoms with E-state index in [1.165, 1.54) is 11.9 Å². The molecule has 20 heavy (non-hydrogen) atoms. The van der Waals surface area contributed by atoms with Crippen LogP contribution in [0.15, 0.2) is 0 Å². The number of nitrogens with zero attached hydrogens (tertiary/aromatic N) is 1. The Bertz CT molecular complexity index is 331. The Labute approximate surface area is 120 Å². The van der Waals surface area contributed by atoms with E-state index in [0.29, 0.717) is 6.42 Å². The van der Waals surface area contributed by atoms with Gasteiger partial charge in [-0.05, 0) is 12.8 Å². The van der Waals surface area contributed by atoms with E-state index in [1.54, 1.807) is 0 Å². The number of hydrogen-bond acceptors (Lipinski definition) is 3. The van der Waals surface area contributed by atoms with Gasteiger partial charge in [0.1, 0.15) is 6.04 Å². The predicted molar refractivity (Wildman–Crippen MR) is 76.0 cm³/mol. The van der Waals surface area contributed by atoms with Gasteiger partial charge in [-0.3, -0.25) is 9.59 Å². The second-order valence-electron chi connectivity index (χ2n) is 5.03. The highest BCUT2D eigenvalue weighted by Gasteiger charge is 2.26. The molecule has 0 bridgehead atoms. The number of primary amides is 1. The Hall–Kier alpha value is -1.59. The molecular weight excluding hydrogens is 260 g/mol. The van der Waals surface area contributed by atoms with E-state index >= 15 is 0 Å². The average Bonchev–Trinajstić information content (AvgIpc) is 2.37. The summed E-state index contributed by atoms with van der Waals surface area (Å²) < 4.78 is 0. The van der Waals surface area contributed by atoms with E-state index in [0.717, 1.165) is 32.1 Å². The van der Waals surface area contributed by atoms with Crippen LogP contribution in [0.25, 0.3) is 0 Å². The Morgan fingerprint density at radius 2 is 1.70 bits per heavy atom. The lowest BCUT2D eigenvalue weighted by atomic mass is 10.1. The molecule has 0 aliphatic carbocycles. The molecule has 0 aromatic rings. The van der Waals surface area contributed by atoms with Gasteiger partial charge in [0.25, 0.3) is 0 Å². The molecule has 6 nitrogen and oxygen atoms in total. The van der Waals surface area contributed by atoms with E-state index in [1.807, 2.05) is 0 Å². The Kier molecular flexibility index (Phi) is 9.41. The minimum atomic E-state index is -1.10. The van der Waals surface area contributed by atoms with Crippen molar-refractivity contribution in [1.82, 2.24) is 4.90 Å². The van der Waals surface area contributed by atoms with Crippen molar-refractivity contribution in [2.45, 2.75) is 64.3 Å². The van der Waals surface area contributed by atoms with Crippen molar-refractivity contribution >= 4 is 17.8 Å². The number of hydrogen-bond donors (Lipinski definition) is 2. The van der Waals surface area contributed by atoms with Crippen molar-refractivity contribution in [2.24, 2.45) is 5.73 Å². The third-order valence-electron chi connectivity index (χ3n) is 3.30. The van der Waals surface area contributed by atoms with Crippen LogP contribution in [0.4, 0.5) is 0 Å². The third-order valence-corrected chi connectivity index (χ3v) is 3.30. The van der Waals surface area contributed by atoms with Crippen LogP contribution in [0.5, 0.6) is 0 Å². The van der Waals surface area contributed by atoms with Crippen molar-refractivity contribution < 1.29 is 19.5 Å². The molecule has 0 rings (SSSR count). The van der Waals surface area contributed by atoms with Crippen molar-refractivity contribution in [3.05, 3.63) is 0 Å². The first-order valence-corrected chi connectivity index (χ1v) is 7.16. The van der Waals surface area contributed by atoms with E-state index in [4.69, 9.17) is 10.8 Å². The number of likely N-dealkylation sites (N-methyl/N-ethyl adjacent to an activating group) is 1. The molecule has 0 spiro atoms. The van der Waals surface area contributed by atoms with E-state index in [2.05, 4.69) is 6.92 Å². The molecule has 0 aromatic heterocycles. The van der Waals surface area contributed by atoms with Crippen LogP contribution in [0.3, 0.4) is 0 Å².